The number of hydrogen-bond acceptors (Lipinski definition) is 5. The van der Waals surface area contributed by atoms with E-state index < -0.39 is 0 Å². The molecule has 1 fully saturated rings. The molecule has 24 heavy (non-hydrogen) atoms. The summed E-state index contributed by atoms with van der Waals surface area (Å²) >= 11 is 1.63. The Morgan fingerprint density at radius 1 is 1.21 bits per heavy atom. The van der Waals surface area contributed by atoms with Crippen molar-refractivity contribution < 1.29 is 4.79 Å². The van der Waals surface area contributed by atoms with Crippen LogP contribution in [0, 0.1) is 0 Å². The Balaban J connectivity index is 1.38. The molecule has 6 heteroatoms. The molecule has 1 saturated heterocycles. The molecule has 0 radical (unpaired) electrons. The lowest BCUT2D eigenvalue weighted by Crippen LogP contribution is -2.43. The number of thioether (sulfide) groups is 1. The van der Waals surface area contributed by atoms with Crippen molar-refractivity contribution >= 4 is 29.2 Å². The number of carbonyl (C=O) groups is 1. The van der Waals surface area contributed by atoms with Gasteiger partial charge in [0.25, 0.3) is 0 Å². The van der Waals surface area contributed by atoms with Gasteiger partial charge >= 0.3 is 0 Å². The first kappa shape index (κ1) is 15.5. The minimum atomic E-state index is -0.0722. The molecule has 0 aliphatic carbocycles. The molecule has 1 aromatic heterocycles. The quantitative estimate of drug-likeness (QED) is 0.897. The first-order valence-corrected chi connectivity index (χ1v) is 9.15. The molecule has 0 bridgehead atoms. The van der Waals surface area contributed by atoms with Crippen LogP contribution >= 0.6 is 11.8 Å². The van der Waals surface area contributed by atoms with Crippen molar-refractivity contribution in [3.05, 3.63) is 48.2 Å². The van der Waals surface area contributed by atoms with E-state index in [0.29, 0.717) is 5.82 Å². The van der Waals surface area contributed by atoms with Crippen molar-refractivity contribution in [2.45, 2.75) is 16.6 Å². The maximum absolute atomic E-state index is 12.5. The van der Waals surface area contributed by atoms with E-state index in [2.05, 4.69) is 32.7 Å². The summed E-state index contributed by atoms with van der Waals surface area (Å²) in [4.78, 5) is 20.4. The van der Waals surface area contributed by atoms with Crippen LogP contribution in [0.15, 0.2) is 47.5 Å². The maximum atomic E-state index is 12.5. The van der Waals surface area contributed by atoms with Crippen LogP contribution in [0.5, 0.6) is 0 Å². The van der Waals surface area contributed by atoms with Gasteiger partial charge in [-0.1, -0.05) is 18.2 Å². The maximum Gasteiger partial charge on any atom is 0.239 e. The van der Waals surface area contributed by atoms with E-state index in [-0.39, 0.29) is 11.2 Å². The molecule has 1 unspecified atom stereocenters. The molecule has 2 aliphatic heterocycles. The van der Waals surface area contributed by atoms with E-state index in [1.807, 2.05) is 30.5 Å². The van der Waals surface area contributed by atoms with Crippen molar-refractivity contribution in [1.29, 1.82) is 0 Å². The summed E-state index contributed by atoms with van der Waals surface area (Å²) in [6.07, 6.45) is 2.63. The number of hydrogen-bond donors (Lipinski definition) is 2. The second-order valence-electron chi connectivity index (χ2n) is 6.05. The van der Waals surface area contributed by atoms with Gasteiger partial charge in [0.15, 0.2) is 0 Å². The van der Waals surface area contributed by atoms with E-state index in [4.69, 9.17) is 0 Å². The summed E-state index contributed by atoms with van der Waals surface area (Å²) in [5.74, 6) is 0.647. The Kier molecular flexibility index (Phi) is 4.40. The number of fused-ring (bicyclic) bond motifs is 1. The van der Waals surface area contributed by atoms with Crippen LogP contribution in [0.4, 0.5) is 11.5 Å². The monoisotopic (exact) mass is 340 g/mol. The number of rotatable bonds is 3. The third-order valence-electron chi connectivity index (χ3n) is 4.42. The van der Waals surface area contributed by atoms with Gasteiger partial charge < -0.3 is 15.5 Å². The number of anilines is 2. The molecule has 0 saturated carbocycles. The number of pyridine rings is 1. The minimum absolute atomic E-state index is 0.0265. The molecule has 1 aromatic carbocycles. The average Bonchev–Trinajstić information content (AvgIpc) is 3.07. The Labute approximate surface area is 145 Å². The molecule has 2 N–H and O–H groups in total. The van der Waals surface area contributed by atoms with E-state index in [1.165, 1.54) is 10.5 Å². The number of carbonyl (C=O) groups excluding carboxylic acids is 1. The summed E-state index contributed by atoms with van der Waals surface area (Å²) in [7, 11) is 0. The Morgan fingerprint density at radius 3 is 2.79 bits per heavy atom. The molecule has 3 heterocycles. The van der Waals surface area contributed by atoms with Crippen LogP contribution in [0.3, 0.4) is 0 Å². The summed E-state index contributed by atoms with van der Waals surface area (Å²) in [5.41, 5.74) is 2.36. The smallest absolute Gasteiger partial charge is 0.239 e. The van der Waals surface area contributed by atoms with Crippen molar-refractivity contribution in [2.75, 3.05) is 36.4 Å². The molecule has 4 rings (SSSR count). The number of amides is 1. The van der Waals surface area contributed by atoms with Crippen molar-refractivity contribution in [2.24, 2.45) is 0 Å². The fourth-order valence-electron chi connectivity index (χ4n) is 3.11. The second-order valence-corrected chi connectivity index (χ2v) is 7.29. The van der Waals surface area contributed by atoms with Crippen molar-refractivity contribution in [1.82, 2.24) is 10.3 Å². The third-order valence-corrected chi connectivity index (χ3v) is 5.74. The molecule has 0 spiro atoms. The van der Waals surface area contributed by atoms with Gasteiger partial charge in [-0.15, -0.1) is 11.8 Å². The number of nitrogens with zero attached hydrogens (tertiary/aromatic N) is 2. The highest BCUT2D eigenvalue weighted by molar-refractivity contribution is 8.01. The standard InChI is InChI=1S/C18H20N4OS/c23-18(16-11-13-3-1-2-4-15(13)24-16)21-17-6-5-14(12-20-17)22-9-7-19-8-10-22/h1-6,12,16,19H,7-11H2,(H,20,21,23). The second kappa shape index (κ2) is 6.83. The highest BCUT2D eigenvalue weighted by Gasteiger charge is 2.28. The third kappa shape index (κ3) is 3.25. The van der Waals surface area contributed by atoms with E-state index >= 15 is 0 Å². The molecule has 5 nitrogen and oxygen atoms in total. The highest BCUT2D eigenvalue weighted by Crippen LogP contribution is 2.37. The SMILES string of the molecule is O=C(Nc1ccc(N2CCNCC2)cn1)C1Cc2ccccc2S1. The van der Waals surface area contributed by atoms with Crippen LogP contribution < -0.4 is 15.5 Å². The van der Waals surface area contributed by atoms with Crippen LogP contribution in [-0.4, -0.2) is 42.3 Å². The van der Waals surface area contributed by atoms with Crippen LogP contribution in [0.2, 0.25) is 0 Å². The lowest BCUT2D eigenvalue weighted by atomic mass is 10.1. The van der Waals surface area contributed by atoms with Gasteiger partial charge in [0.05, 0.1) is 17.1 Å². The van der Waals surface area contributed by atoms with E-state index in [9.17, 15) is 4.79 Å². The fraction of sp³-hybridized carbons (Fsp3) is 0.333. The van der Waals surface area contributed by atoms with Crippen molar-refractivity contribution in [3.63, 3.8) is 0 Å². The molecule has 2 aliphatic rings. The lowest BCUT2D eigenvalue weighted by molar-refractivity contribution is -0.115. The molecule has 1 amide bonds. The Hall–Kier alpha value is -2.05. The van der Waals surface area contributed by atoms with Gasteiger partial charge in [-0.2, -0.15) is 0 Å². The summed E-state index contributed by atoms with van der Waals surface area (Å²) < 4.78 is 0. The molecular weight excluding hydrogens is 320 g/mol. The van der Waals surface area contributed by atoms with Gasteiger partial charge in [0.2, 0.25) is 5.91 Å². The number of benzene rings is 1. The topological polar surface area (TPSA) is 57.3 Å². The first-order valence-electron chi connectivity index (χ1n) is 8.27. The minimum Gasteiger partial charge on any atom is -0.368 e. The average molecular weight is 340 g/mol. The van der Waals surface area contributed by atoms with E-state index in [0.717, 1.165) is 38.3 Å². The van der Waals surface area contributed by atoms with Gasteiger partial charge in [0, 0.05) is 31.1 Å². The van der Waals surface area contributed by atoms with Crippen LogP contribution in [0.25, 0.3) is 0 Å². The first-order chi connectivity index (χ1) is 11.8. The summed E-state index contributed by atoms with van der Waals surface area (Å²) in [6.45, 7) is 3.98. The molecule has 1 atom stereocenters. The number of aromatic nitrogens is 1. The normalized spacial score (nSPS) is 19.8. The number of nitrogens with one attached hydrogen (secondary N) is 2. The summed E-state index contributed by atoms with van der Waals surface area (Å²) in [6, 6.07) is 12.1. The van der Waals surface area contributed by atoms with Crippen LogP contribution in [-0.2, 0) is 11.2 Å². The Bertz CT molecular complexity index is 703. The molecule has 2 aromatic rings. The van der Waals surface area contributed by atoms with Gasteiger partial charge in [-0.25, -0.2) is 4.98 Å². The zero-order valence-corrected chi connectivity index (χ0v) is 14.2. The van der Waals surface area contributed by atoms with Gasteiger partial charge in [-0.05, 0) is 30.2 Å². The highest BCUT2D eigenvalue weighted by atomic mass is 32.2. The molecular formula is C18H20N4OS. The van der Waals surface area contributed by atoms with Crippen LogP contribution in [0.1, 0.15) is 5.56 Å². The predicted molar refractivity (Wildman–Crippen MR) is 97.7 cm³/mol. The van der Waals surface area contributed by atoms with Crippen molar-refractivity contribution in [3.8, 4) is 0 Å². The fourth-order valence-corrected chi connectivity index (χ4v) is 4.30. The van der Waals surface area contributed by atoms with E-state index in [1.54, 1.807) is 11.8 Å². The van der Waals surface area contributed by atoms with Gasteiger partial charge in [0.1, 0.15) is 5.82 Å². The van der Waals surface area contributed by atoms with Gasteiger partial charge in [-0.3, -0.25) is 4.79 Å². The largest absolute Gasteiger partial charge is 0.368 e. The zero-order chi connectivity index (χ0) is 16.4. The number of piperazine rings is 1. The lowest BCUT2D eigenvalue weighted by Gasteiger charge is -2.29. The summed E-state index contributed by atoms with van der Waals surface area (Å²) in [5, 5.41) is 6.21. The Morgan fingerprint density at radius 2 is 2.04 bits per heavy atom. The predicted octanol–water partition coefficient (Wildman–Crippen LogP) is 2.15. The zero-order valence-electron chi connectivity index (χ0n) is 13.4. The molecule has 124 valence electrons.